The number of aliphatic hydroxyl groups excluding tert-OH is 1. The van der Waals surface area contributed by atoms with Crippen LogP contribution in [0.4, 0.5) is 0 Å². The molecule has 5 nitrogen and oxygen atoms in total. The highest BCUT2D eigenvalue weighted by molar-refractivity contribution is 5.96. The van der Waals surface area contributed by atoms with Crippen LogP contribution >= 0.6 is 0 Å². The van der Waals surface area contributed by atoms with Gasteiger partial charge in [0.15, 0.2) is 0 Å². The number of aromatic nitrogens is 3. The Balaban J connectivity index is 1.90. The third-order valence-corrected chi connectivity index (χ3v) is 4.01. The number of H-pyrrole nitrogens is 1. The second-order valence-electron chi connectivity index (χ2n) is 5.37. The maximum Gasteiger partial charge on any atom is 0.137 e. The van der Waals surface area contributed by atoms with E-state index in [9.17, 15) is 5.11 Å². The maximum absolute atomic E-state index is 9.25. The van der Waals surface area contributed by atoms with E-state index in [4.69, 9.17) is 0 Å². The number of fused-ring (bicyclic) bond motifs is 2. The van der Waals surface area contributed by atoms with E-state index < -0.39 is 0 Å². The molecule has 0 saturated carbocycles. The molecule has 3 aromatic rings. The summed E-state index contributed by atoms with van der Waals surface area (Å²) < 4.78 is 0. The van der Waals surface area contributed by atoms with Gasteiger partial charge < -0.3 is 15.0 Å². The van der Waals surface area contributed by atoms with Crippen molar-refractivity contribution < 1.29 is 5.11 Å². The van der Waals surface area contributed by atoms with Gasteiger partial charge in [-0.2, -0.15) is 0 Å². The molecular weight excluding hydrogens is 276 g/mol. The third-order valence-electron chi connectivity index (χ3n) is 4.01. The molecule has 4 rings (SSSR count). The van der Waals surface area contributed by atoms with Gasteiger partial charge in [-0.25, -0.2) is 4.98 Å². The van der Waals surface area contributed by atoms with Crippen molar-refractivity contribution in [1.82, 2.24) is 19.9 Å². The van der Waals surface area contributed by atoms with Crippen LogP contribution in [-0.2, 0) is 6.54 Å². The summed E-state index contributed by atoms with van der Waals surface area (Å²) in [6, 6.07) is 6.07. The largest absolute Gasteiger partial charge is 0.395 e. The molecule has 4 heterocycles. The molecule has 0 radical (unpaired) electrons. The van der Waals surface area contributed by atoms with E-state index in [1.807, 2.05) is 30.7 Å². The predicted molar refractivity (Wildman–Crippen MR) is 84.9 cm³/mol. The first-order valence-electron chi connectivity index (χ1n) is 7.29. The first-order valence-corrected chi connectivity index (χ1v) is 7.29. The molecule has 110 valence electrons. The Morgan fingerprint density at radius 2 is 2.18 bits per heavy atom. The molecule has 0 saturated heterocycles. The van der Waals surface area contributed by atoms with Crippen molar-refractivity contribution >= 4 is 16.6 Å². The fourth-order valence-corrected chi connectivity index (χ4v) is 3.00. The lowest BCUT2D eigenvalue weighted by molar-refractivity contribution is 0.232. The van der Waals surface area contributed by atoms with Gasteiger partial charge in [-0.3, -0.25) is 4.98 Å². The zero-order chi connectivity index (χ0) is 14.9. The molecule has 0 amide bonds. The zero-order valence-electron chi connectivity index (χ0n) is 12.0. The minimum absolute atomic E-state index is 0.134. The van der Waals surface area contributed by atoms with E-state index in [1.54, 1.807) is 6.20 Å². The molecule has 1 aliphatic rings. The van der Waals surface area contributed by atoms with Crippen LogP contribution in [0, 0.1) is 0 Å². The van der Waals surface area contributed by atoms with Crippen molar-refractivity contribution in [1.29, 1.82) is 0 Å². The average Bonchev–Trinajstić information content (AvgIpc) is 2.98. The summed E-state index contributed by atoms with van der Waals surface area (Å²) in [4.78, 5) is 13.9. The molecule has 1 aliphatic heterocycles. The molecule has 22 heavy (non-hydrogen) atoms. The molecule has 0 atom stereocenters. The average molecular weight is 292 g/mol. The molecular formula is C17H16N4O. The van der Waals surface area contributed by atoms with Crippen LogP contribution in [0.25, 0.3) is 16.6 Å². The normalized spacial score (nSPS) is 14.0. The van der Waals surface area contributed by atoms with E-state index in [2.05, 4.69) is 32.1 Å². The highest BCUT2D eigenvalue weighted by atomic mass is 16.3. The highest BCUT2D eigenvalue weighted by Crippen LogP contribution is 2.34. The number of β-amino-alcohol motifs (C(OH)–C–C–N with tert-alkyl or cyclic N) is 1. The smallest absolute Gasteiger partial charge is 0.137 e. The summed E-state index contributed by atoms with van der Waals surface area (Å²) in [5, 5.41) is 10.4. The number of hydrogen-bond acceptors (Lipinski definition) is 4. The third kappa shape index (κ3) is 2.07. The van der Waals surface area contributed by atoms with Crippen LogP contribution in [0.5, 0.6) is 0 Å². The number of aromatic amines is 1. The first kappa shape index (κ1) is 13.0. The highest BCUT2D eigenvalue weighted by Gasteiger charge is 2.20. The van der Waals surface area contributed by atoms with Gasteiger partial charge in [0, 0.05) is 60.6 Å². The van der Waals surface area contributed by atoms with Gasteiger partial charge in [-0.05, 0) is 29.3 Å². The van der Waals surface area contributed by atoms with Crippen molar-refractivity contribution in [2.75, 3.05) is 13.2 Å². The van der Waals surface area contributed by atoms with Crippen LogP contribution in [0.1, 0.15) is 16.7 Å². The van der Waals surface area contributed by atoms with E-state index in [0.29, 0.717) is 6.54 Å². The molecule has 0 spiro atoms. The van der Waals surface area contributed by atoms with Gasteiger partial charge in [0.2, 0.25) is 0 Å². The van der Waals surface area contributed by atoms with Crippen LogP contribution < -0.4 is 0 Å². The number of rotatable bonds is 3. The van der Waals surface area contributed by atoms with Crippen LogP contribution in [0.2, 0.25) is 0 Å². The number of pyridine rings is 2. The number of nitrogens with one attached hydrogen (secondary N) is 1. The summed E-state index contributed by atoms with van der Waals surface area (Å²) in [5.74, 6) is 0. The molecule has 3 aromatic heterocycles. The van der Waals surface area contributed by atoms with Gasteiger partial charge in [0.25, 0.3) is 0 Å². The lowest BCUT2D eigenvalue weighted by atomic mass is 9.93. The quantitative estimate of drug-likeness (QED) is 0.776. The van der Waals surface area contributed by atoms with E-state index in [0.717, 1.165) is 28.7 Å². The fourth-order valence-electron chi connectivity index (χ4n) is 3.00. The molecule has 2 N–H and O–H groups in total. The van der Waals surface area contributed by atoms with Gasteiger partial charge >= 0.3 is 0 Å². The molecule has 0 fully saturated rings. The fraction of sp³-hybridized carbons (Fsp3) is 0.176. The first-order chi connectivity index (χ1) is 10.9. The summed E-state index contributed by atoms with van der Waals surface area (Å²) in [7, 11) is 0. The monoisotopic (exact) mass is 292 g/mol. The summed E-state index contributed by atoms with van der Waals surface area (Å²) in [6.45, 7) is 1.51. The topological polar surface area (TPSA) is 65.0 Å². The van der Waals surface area contributed by atoms with Crippen LogP contribution in [0.3, 0.4) is 0 Å². The Hall–Kier alpha value is -2.66. The SMILES string of the molecule is OCCN1C=C(c2c[nH]c3ncccc23)c2ccncc2C1. The van der Waals surface area contributed by atoms with Gasteiger partial charge in [-0.1, -0.05) is 0 Å². The number of aliphatic hydroxyl groups is 1. The maximum atomic E-state index is 9.25. The van der Waals surface area contributed by atoms with Gasteiger partial charge in [0.05, 0.1) is 6.61 Å². The van der Waals surface area contributed by atoms with Gasteiger partial charge in [-0.15, -0.1) is 0 Å². The van der Waals surface area contributed by atoms with Crippen molar-refractivity contribution in [2.45, 2.75) is 6.54 Å². The lowest BCUT2D eigenvalue weighted by Gasteiger charge is -2.28. The Bertz CT molecular complexity index is 852. The zero-order valence-corrected chi connectivity index (χ0v) is 12.0. The second-order valence-corrected chi connectivity index (χ2v) is 5.37. The Morgan fingerprint density at radius 1 is 1.23 bits per heavy atom. The molecule has 0 bridgehead atoms. The minimum atomic E-state index is 0.134. The van der Waals surface area contributed by atoms with E-state index in [1.165, 1.54) is 11.1 Å². The van der Waals surface area contributed by atoms with Crippen molar-refractivity contribution in [2.24, 2.45) is 0 Å². The van der Waals surface area contributed by atoms with Crippen molar-refractivity contribution in [3.63, 3.8) is 0 Å². The Morgan fingerprint density at radius 3 is 3.09 bits per heavy atom. The summed E-state index contributed by atoms with van der Waals surface area (Å²) in [6.07, 6.45) is 9.62. The van der Waals surface area contributed by atoms with E-state index in [-0.39, 0.29) is 6.61 Å². The minimum Gasteiger partial charge on any atom is -0.395 e. The molecule has 0 aromatic carbocycles. The predicted octanol–water partition coefficient (Wildman–Crippen LogP) is 2.16. The summed E-state index contributed by atoms with van der Waals surface area (Å²) in [5.41, 5.74) is 5.50. The second kappa shape index (κ2) is 5.27. The van der Waals surface area contributed by atoms with Gasteiger partial charge in [0.1, 0.15) is 5.65 Å². The lowest BCUT2D eigenvalue weighted by Crippen LogP contribution is -2.25. The Labute approximate surface area is 128 Å². The van der Waals surface area contributed by atoms with Crippen LogP contribution in [0.15, 0.2) is 49.2 Å². The van der Waals surface area contributed by atoms with Crippen LogP contribution in [-0.4, -0.2) is 38.1 Å². The number of nitrogens with zero attached hydrogens (tertiary/aromatic N) is 3. The Kier molecular flexibility index (Phi) is 3.12. The molecule has 5 heteroatoms. The molecule has 0 unspecified atom stereocenters. The van der Waals surface area contributed by atoms with Crippen molar-refractivity contribution in [3.8, 4) is 0 Å². The standard InChI is InChI=1S/C17H16N4O/c22-7-6-21-10-12-8-18-5-3-13(12)16(11-21)15-9-20-17-14(15)2-1-4-19-17/h1-5,8-9,11,22H,6-7,10H2,(H,19,20). The van der Waals surface area contributed by atoms with Crippen molar-refractivity contribution in [3.05, 3.63) is 65.9 Å². The number of hydrogen-bond donors (Lipinski definition) is 2. The summed E-state index contributed by atoms with van der Waals surface area (Å²) >= 11 is 0. The van der Waals surface area contributed by atoms with E-state index >= 15 is 0 Å². The molecule has 0 aliphatic carbocycles.